The number of hydrogen-bond donors (Lipinski definition) is 0. The summed E-state index contributed by atoms with van der Waals surface area (Å²) in [5, 5.41) is 0. The molecule has 0 aromatic heterocycles. The van der Waals surface area contributed by atoms with Crippen molar-refractivity contribution in [2.45, 2.75) is 27.2 Å². The molecule has 0 rings (SSSR count). The zero-order valence-corrected chi connectivity index (χ0v) is 11.3. The van der Waals surface area contributed by atoms with Crippen molar-refractivity contribution < 1.29 is 41.5 Å². The molecule has 7 heteroatoms. The van der Waals surface area contributed by atoms with E-state index in [2.05, 4.69) is 0 Å². The van der Waals surface area contributed by atoms with Crippen LogP contribution in [0.1, 0.15) is 27.2 Å². The van der Waals surface area contributed by atoms with E-state index in [0.717, 1.165) is 6.42 Å². The topological polar surface area (TPSA) is 55.4 Å². The van der Waals surface area contributed by atoms with Crippen LogP contribution in [0.5, 0.6) is 0 Å². The maximum absolute atomic E-state index is 5.40. The molecule has 0 radical (unpaired) electrons. The summed E-state index contributed by atoms with van der Waals surface area (Å²) in [6.07, 6.45) is 0.835. The van der Waals surface area contributed by atoms with Gasteiger partial charge < -0.3 is 0 Å². The Morgan fingerprint density at radius 2 is 1.47 bits per heavy atom. The average molecular weight is 260 g/mol. The second-order valence-corrected chi connectivity index (χ2v) is 5.70. The first-order valence-electron chi connectivity index (χ1n) is 5.05. The minimum absolute atomic E-state index is 0.390. The van der Waals surface area contributed by atoms with Gasteiger partial charge in [0.1, 0.15) is 0 Å². The van der Waals surface area contributed by atoms with E-state index in [1.807, 2.05) is 6.92 Å². The van der Waals surface area contributed by atoms with Crippen molar-refractivity contribution in [2.75, 3.05) is 26.9 Å². The fourth-order valence-corrected chi connectivity index (χ4v) is 2.80. The van der Waals surface area contributed by atoms with E-state index in [4.69, 9.17) is 23.4 Å². The van der Waals surface area contributed by atoms with Crippen LogP contribution in [0.3, 0.4) is 0 Å². The first kappa shape index (κ1) is 15.5. The summed E-state index contributed by atoms with van der Waals surface area (Å²) in [4.78, 5) is 9.62. The van der Waals surface area contributed by atoms with Crippen LogP contribution in [-0.2, 0) is 41.5 Å². The molecule has 0 saturated heterocycles. The summed E-state index contributed by atoms with van der Waals surface area (Å²) in [6.45, 7) is 6.83. The van der Waals surface area contributed by atoms with Gasteiger partial charge >= 0.3 is 95.6 Å². The molecule has 0 atom stereocenters. The Morgan fingerprint density at radius 1 is 0.933 bits per heavy atom. The Kier molecular flexibility index (Phi) is 9.99. The van der Waals surface area contributed by atoms with Gasteiger partial charge in [-0.15, -0.1) is 0 Å². The summed E-state index contributed by atoms with van der Waals surface area (Å²) in [6, 6.07) is 0. The van der Waals surface area contributed by atoms with E-state index in [1.54, 1.807) is 13.8 Å². The van der Waals surface area contributed by atoms with Crippen LogP contribution in [0.2, 0.25) is 0 Å². The van der Waals surface area contributed by atoms with E-state index in [0.29, 0.717) is 19.8 Å². The van der Waals surface area contributed by atoms with Gasteiger partial charge in [-0.25, -0.2) is 0 Å². The van der Waals surface area contributed by atoms with Gasteiger partial charge in [0, 0.05) is 0 Å². The van der Waals surface area contributed by atoms with Crippen molar-refractivity contribution in [2.24, 2.45) is 0 Å². The standard InChI is InChI=1S/C3H7O.2C2H6O2.CH3O.Ti/c1-2-3-4;2*1-2-4-3;1-2;/h2-3H2,1H3;2*3H,2H2,1H3;1H3;/q-1;;;-1;+4/p-2. The third-order valence-corrected chi connectivity index (χ3v) is 3.95. The molecular formula is C8H20O6Ti. The molecule has 0 aliphatic rings. The maximum atomic E-state index is 5.40. The van der Waals surface area contributed by atoms with Gasteiger partial charge in [-0.1, -0.05) is 0 Å². The van der Waals surface area contributed by atoms with Gasteiger partial charge in [-0.2, -0.15) is 0 Å². The van der Waals surface area contributed by atoms with Gasteiger partial charge in [-0.3, -0.25) is 0 Å². The first-order chi connectivity index (χ1) is 7.24. The van der Waals surface area contributed by atoms with Crippen molar-refractivity contribution in [3.63, 3.8) is 0 Å². The van der Waals surface area contributed by atoms with Crippen LogP contribution >= 0.6 is 0 Å². The molecule has 0 unspecified atom stereocenters. The molecule has 0 fully saturated rings. The third kappa shape index (κ3) is 6.60. The molecule has 0 heterocycles. The number of rotatable bonds is 10. The first-order valence-corrected chi connectivity index (χ1v) is 7.60. The Balaban J connectivity index is 4.16. The molecule has 0 N–H and O–H groups in total. The number of hydrogen-bond acceptors (Lipinski definition) is 6. The summed E-state index contributed by atoms with van der Waals surface area (Å²) in [7, 11) is 1.45. The molecule has 6 nitrogen and oxygen atoms in total. The summed E-state index contributed by atoms with van der Waals surface area (Å²) in [5.74, 6) is 0. The molecule has 92 valence electrons. The zero-order valence-electron chi connectivity index (χ0n) is 9.78. The molecule has 15 heavy (non-hydrogen) atoms. The molecule has 0 bridgehead atoms. The quantitative estimate of drug-likeness (QED) is 0.339. The van der Waals surface area contributed by atoms with Gasteiger partial charge in [-0.05, 0) is 0 Å². The SMILES string of the molecule is CCC[O][Ti]([O]C)([O]OCC)[O]OCC. The third-order valence-electron chi connectivity index (χ3n) is 1.29. The van der Waals surface area contributed by atoms with Gasteiger partial charge in [0.2, 0.25) is 0 Å². The molecule has 0 aromatic carbocycles. The van der Waals surface area contributed by atoms with Crippen LogP contribution in [0, 0.1) is 0 Å². The molecule has 0 saturated carbocycles. The molecule has 0 amide bonds. The molecule has 0 aliphatic carbocycles. The van der Waals surface area contributed by atoms with Gasteiger partial charge in [0.25, 0.3) is 0 Å². The normalized spacial score (nSPS) is 12.0. The van der Waals surface area contributed by atoms with Crippen molar-refractivity contribution in [3.05, 3.63) is 0 Å². The molecule has 0 aromatic rings. The predicted molar refractivity (Wildman–Crippen MR) is 48.7 cm³/mol. The van der Waals surface area contributed by atoms with E-state index in [-0.39, 0.29) is 0 Å². The fourth-order valence-electron chi connectivity index (χ4n) is 0.678. The van der Waals surface area contributed by atoms with Crippen LogP contribution < -0.4 is 0 Å². The fraction of sp³-hybridized carbons (Fsp3) is 1.00. The van der Waals surface area contributed by atoms with Crippen LogP contribution in [-0.4, -0.2) is 26.9 Å². The monoisotopic (exact) mass is 260 g/mol. The van der Waals surface area contributed by atoms with Gasteiger partial charge in [0.05, 0.1) is 0 Å². The molecule has 0 aliphatic heterocycles. The van der Waals surface area contributed by atoms with Crippen molar-refractivity contribution in [3.8, 4) is 0 Å². The Labute approximate surface area is 95.9 Å². The van der Waals surface area contributed by atoms with Crippen molar-refractivity contribution in [1.29, 1.82) is 0 Å². The second kappa shape index (κ2) is 9.68. The second-order valence-electron chi connectivity index (χ2n) is 2.53. The molecule has 0 spiro atoms. The summed E-state index contributed by atoms with van der Waals surface area (Å²) >= 11 is -3.81. The summed E-state index contributed by atoms with van der Waals surface area (Å²) < 4.78 is 20.6. The van der Waals surface area contributed by atoms with E-state index < -0.39 is 18.1 Å². The average Bonchev–Trinajstić information content (AvgIpc) is 2.29. The predicted octanol–water partition coefficient (Wildman–Crippen LogP) is 1.81. The Bertz CT molecular complexity index is 123. The van der Waals surface area contributed by atoms with E-state index in [1.165, 1.54) is 7.11 Å². The minimum atomic E-state index is -3.81. The van der Waals surface area contributed by atoms with E-state index in [9.17, 15) is 0 Å². The zero-order chi connectivity index (χ0) is 11.6. The summed E-state index contributed by atoms with van der Waals surface area (Å²) in [5.41, 5.74) is 0. The van der Waals surface area contributed by atoms with Crippen molar-refractivity contribution >= 4 is 0 Å². The van der Waals surface area contributed by atoms with E-state index >= 15 is 0 Å². The van der Waals surface area contributed by atoms with Gasteiger partial charge in [0.15, 0.2) is 0 Å². The van der Waals surface area contributed by atoms with Crippen LogP contribution in [0.25, 0.3) is 0 Å². The Hall–Kier alpha value is 0.474. The van der Waals surface area contributed by atoms with Crippen LogP contribution in [0.15, 0.2) is 0 Å². The van der Waals surface area contributed by atoms with Crippen LogP contribution in [0.4, 0.5) is 0 Å². The Morgan fingerprint density at radius 3 is 1.80 bits per heavy atom. The molecular weight excluding hydrogens is 240 g/mol. The van der Waals surface area contributed by atoms with Crippen molar-refractivity contribution in [1.82, 2.24) is 0 Å².